The summed E-state index contributed by atoms with van der Waals surface area (Å²) < 4.78 is 4.67. The highest BCUT2D eigenvalue weighted by atomic mass is 16.5. The zero-order valence-corrected chi connectivity index (χ0v) is 10.5. The van der Waals surface area contributed by atoms with Crippen molar-refractivity contribution in [3.8, 4) is 0 Å². The van der Waals surface area contributed by atoms with Gasteiger partial charge in [-0.15, -0.1) is 0 Å². The maximum atomic E-state index is 11.8. The highest BCUT2D eigenvalue weighted by Crippen LogP contribution is 2.32. The molecule has 2 rings (SSSR count). The molecule has 0 atom stereocenters. The van der Waals surface area contributed by atoms with Gasteiger partial charge in [0.2, 0.25) is 0 Å². The molecule has 5 heteroatoms. The quantitative estimate of drug-likeness (QED) is 0.631. The molecular weight excluding hydrogens is 232 g/mol. The predicted molar refractivity (Wildman–Crippen MR) is 68.1 cm³/mol. The normalized spacial score (nSPS) is 15.3. The number of benzene rings is 1. The molecule has 1 heterocycles. The number of amides is 1. The van der Waals surface area contributed by atoms with Gasteiger partial charge in [0.25, 0.3) is 5.91 Å². The zero-order chi connectivity index (χ0) is 13.3. The van der Waals surface area contributed by atoms with Crippen molar-refractivity contribution in [2.45, 2.75) is 0 Å². The van der Waals surface area contributed by atoms with Crippen molar-refractivity contribution < 1.29 is 14.3 Å². The molecule has 94 valence electrons. The number of ether oxygens (including phenoxy) is 1. The maximum absolute atomic E-state index is 11.8. The van der Waals surface area contributed by atoms with Crippen LogP contribution in [0.1, 0.15) is 15.9 Å². The number of carbonyl (C=O) groups is 2. The van der Waals surface area contributed by atoms with Crippen LogP contribution in [0.2, 0.25) is 0 Å². The maximum Gasteiger partial charge on any atom is 0.337 e. The highest BCUT2D eigenvalue weighted by molar-refractivity contribution is 6.31. The summed E-state index contributed by atoms with van der Waals surface area (Å²) in [4.78, 5) is 25.0. The molecule has 1 aromatic carbocycles. The predicted octanol–water partition coefficient (Wildman–Crippen LogP) is 1.33. The van der Waals surface area contributed by atoms with Gasteiger partial charge in [0, 0.05) is 31.5 Å². The smallest absolute Gasteiger partial charge is 0.337 e. The minimum Gasteiger partial charge on any atom is -0.465 e. The van der Waals surface area contributed by atoms with E-state index in [1.807, 2.05) is 14.1 Å². The van der Waals surface area contributed by atoms with Gasteiger partial charge in [-0.25, -0.2) is 4.79 Å². The molecule has 0 spiro atoms. The van der Waals surface area contributed by atoms with Crippen LogP contribution in [0, 0.1) is 0 Å². The van der Waals surface area contributed by atoms with Crippen LogP contribution in [0.25, 0.3) is 5.57 Å². The third-order valence-electron chi connectivity index (χ3n) is 2.61. The van der Waals surface area contributed by atoms with Crippen LogP contribution in [-0.4, -0.2) is 38.0 Å². The third-order valence-corrected chi connectivity index (χ3v) is 2.61. The molecule has 0 aliphatic carbocycles. The standard InChI is InChI=1S/C13H14N2O3/c1-15(2)7-10-9-6-8(13(17)18-3)4-5-11(9)14-12(10)16/h4-7H,1-3H3,(H,14,16). The lowest BCUT2D eigenvalue weighted by atomic mass is 10.0. The van der Waals surface area contributed by atoms with Crippen molar-refractivity contribution in [3.63, 3.8) is 0 Å². The summed E-state index contributed by atoms with van der Waals surface area (Å²) in [6.45, 7) is 0. The molecule has 1 amide bonds. The van der Waals surface area contributed by atoms with Crippen molar-refractivity contribution in [3.05, 3.63) is 35.5 Å². The van der Waals surface area contributed by atoms with E-state index in [0.717, 1.165) is 5.56 Å². The number of methoxy groups -OCH3 is 1. The second-order valence-corrected chi connectivity index (χ2v) is 4.21. The lowest BCUT2D eigenvalue weighted by molar-refractivity contribution is -0.110. The molecule has 1 aliphatic heterocycles. The molecular formula is C13H14N2O3. The van der Waals surface area contributed by atoms with Gasteiger partial charge in [0.15, 0.2) is 0 Å². The molecule has 1 aromatic rings. The molecule has 0 aromatic heterocycles. The van der Waals surface area contributed by atoms with E-state index in [4.69, 9.17) is 0 Å². The van der Waals surface area contributed by atoms with Gasteiger partial charge in [0.1, 0.15) is 0 Å². The molecule has 1 aliphatic rings. The Bertz CT molecular complexity index is 547. The average Bonchev–Trinajstić information content (AvgIpc) is 2.64. The van der Waals surface area contributed by atoms with E-state index in [2.05, 4.69) is 10.1 Å². The van der Waals surface area contributed by atoms with Crippen molar-refractivity contribution >= 4 is 23.1 Å². The first kappa shape index (κ1) is 12.2. The van der Waals surface area contributed by atoms with Crippen LogP contribution in [0.3, 0.4) is 0 Å². The molecule has 0 bridgehead atoms. The third kappa shape index (κ3) is 2.07. The first-order valence-electron chi connectivity index (χ1n) is 5.45. The Morgan fingerprint density at radius 3 is 2.72 bits per heavy atom. The lowest BCUT2D eigenvalue weighted by Gasteiger charge is -2.07. The van der Waals surface area contributed by atoms with E-state index in [1.165, 1.54) is 7.11 Å². The summed E-state index contributed by atoms with van der Waals surface area (Å²) in [6.07, 6.45) is 1.72. The van der Waals surface area contributed by atoms with Crippen molar-refractivity contribution in [2.24, 2.45) is 0 Å². The summed E-state index contributed by atoms with van der Waals surface area (Å²) in [7, 11) is 5.00. The highest BCUT2D eigenvalue weighted by Gasteiger charge is 2.25. The van der Waals surface area contributed by atoms with Crippen molar-refractivity contribution in [1.29, 1.82) is 0 Å². The first-order valence-corrected chi connectivity index (χ1v) is 5.45. The monoisotopic (exact) mass is 246 g/mol. The van der Waals surface area contributed by atoms with Crippen LogP contribution < -0.4 is 5.32 Å². The van der Waals surface area contributed by atoms with Gasteiger partial charge in [-0.2, -0.15) is 0 Å². The minimum atomic E-state index is -0.415. The van der Waals surface area contributed by atoms with Gasteiger partial charge in [0.05, 0.1) is 18.2 Å². The summed E-state index contributed by atoms with van der Waals surface area (Å²) in [5.74, 6) is -0.581. The molecule has 0 fully saturated rings. The topological polar surface area (TPSA) is 58.6 Å². The average molecular weight is 246 g/mol. The molecule has 0 saturated carbocycles. The van der Waals surface area contributed by atoms with E-state index >= 15 is 0 Å². The second-order valence-electron chi connectivity index (χ2n) is 4.21. The number of carbonyl (C=O) groups excluding carboxylic acids is 2. The van der Waals surface area contributed by atoms with E-state index < -0.39 is 5.97 Å². The Labute approximate surface area is 105 Å². The zero-order valence-electron chi connectivity index (χ0n) is 10.5. The summed E-state index contributed by atoms with van der Waals surface area (Å²) >= 11 is 0. The fourth-order valence-electron chi connectivity index (χ4n) is 1.82. The first-order chi connectivity index (χ1) is 8.52. The Morgan fingerprint density at radius 2 is 2.11 bits per heavy atom. The number of rotatable bonds is 2. The molecule has 5 nitrogen and oxygen atoms in total. The number of esters is 1. The van der Waals surface area contributed by atoms with Gasteiger partial charge in [-0.05, 0) is 18.2 Å². The van der Waals surface area contributed by atoms with Crippen LogP contribution in [-0.2, 0) is 9.53 Å². The van der Waals surface area contributed by atoms with E-state index in [-0.39, 0.29) is 5.91 Å². The molecule has 1 N–H and O–H groups in total. The molecule has 18 heavy (non-hydrogen) atoms. The Hall–Kier alpha value is -2.30. The number of anilines is 1. The van der Waals surface area contributed by atoms with Crippen LogP contribution in [0.5, 0.6) is 0 Å². The van der Waals surface area contributed by atoms with Gasteiger partial charge >= 0.3 is 5.97 Å². The van der Waals surface area contributed by atoms with Crippen LogP contribution in [0.4, 0.5) is 5.69 Å². The number of hydrogen-bond donors (Lipinski definition) is 1. The largest absolute Gasteiger partial charge is 0.465 e. The van der Waals surface area contributed by atoms with Crippen molar-refractivity contribution in [1.82, 2.24) is 4.90 Å². The van der Waals surface area contributed by atoms with E-state index in [0.29, 0.717) is 16.8 Å². The minimum absolute atomic E-state index is 0.166. The molecule has 0 saturated heterocycles. The fourth-order valence-corrected chi connectivity index (χ4v) is 1.82. The van der Waals surface area contributed by atoms with Crippen LogP contribution in [0.15, 0.2) is 24.4 Å². The molecule has 0 unspecified atom stereocenters. The Kier molecular flexibility index (Phi) is 3.06. The number of fused-ring (bicyclic) bond motifs is 1. The Balaban J connectivity index is 2.49. The number of nitrogens with one attached hydrogen (secondary N) is 1. The SMILES string of the molecule is COC(=O)c1ccc2c(c1)C(=CN(C)C)C(=O)N2. The summed E-state index contributed by atoms with van der Waals surface area (Å²) in [5.41, 5.74) is 2.40. The van der Waals surface area contributed by atoms with Crippen molar-refractivity contribution in [2.75, 3.05) is 26.5 Å². The fraction of sp³-hybridized carbons (Fsp3) is 0.231. The van der Waals surface area contributed by atoms with Crippen LogP contribution >= 0.6 is 0 Å². The second kappa shape index (κ2) is 4.52. The lowest BCUT2D eigenvalue weighted by Crippen LogP contribution is -2.08. The summed E-state index contributed by atoms with van der Waals surface area (Å²) in [6, 6.07) is 4.99. The number of nitrogens with zero attached hydrogens (tertiary/aromatic N) is 1. The van der Waals surface area contributed by atoms with E-state index in [1.54, 1.807) is 29.3 Å². The number of hydrogen-bond acceptors (Lipinski definition) is 4. The van der Waals surface area contributed by atoms with E-state index in [9.17, 15) is 9.59 Å². The Morgan fingerprint density at radius 1 is 1.39 bits per heavy atom. The van der Waals surface area contributed by atoms with Gasteiger partial charge in [-0.3, -0.25) is 4.79 Å². The molecule has 0 radical (unpaired) electrons. The van der Waals surface area contributed by atoms with Gasteiger partial charge < -0.3 is 15.0 Å². The summed E-state index contributed by atoms with van der Waals surface area (Å²) in [5, 5.41) is 2.75. The van der Waals surface area contributed by atoms with Gasteiger partial charge in [-0.1, -0.05) is 0 Å².